The summed E-state index contributed by atoms with van der Waals surface area (Å²) in [6.07, 6.45) is 0.292. The molecule has 2 heterocycles. The van der Waals surface area contributed by atoms with Gasteiger partial charge in [-0.05, 0) is 12.1 Å². The maximum atomic E-state index is 12.7. The molecule has 0 N–H and O–H groups in total. The van der Waals surface area contributed by atoms with Crippen molar-refractivity contribution in [2.75, 3.05) is 0 Å². The van der Waals surface area contributed by atoms with Crippen molar-refractivity contribution in [1.29, 1.82) is 0 Å². The van der Waals surface area contributed by atoms with Crippen molar-refractivity contribution in [3.8, 4) is 22.0 Å². The summed E-state index contributed by atoms with van der Waals surface area (Å²) in [6.45, 7) is 0. The van der Waals surface area contributed by atoms with Crippen molar-refractivity contribution in [3.05, 3.63) is 53.8 Å². The maximum absolute atomic E-state index is 12.7. The number of thiazole rings is 1. The zero-order valence-corrected chi connectivity index (χ0v) is 11.3. The zero-order valence-electron chi connectivity index (χ0n) is 10.5. The van der Waals surface area contributed by atoms with Crippen LogP contribution in [0.1, 0.15) is 5.56 Å². The highest BCUT2D eigenvalue weighted by Crippen LogP contribution is 2.33. The first-order valence-corrected chi connectivity index (χ1v) is 6.81. The number of aromatic nitrogens is 3. The summed E-state index contributed by atoms with van der Waals surface area (Å²) >= 11 is 1.32. The van der Waals surface area contributed by atoms with Crippen LogP contribution in [0, 0.1) is 0 Å². The van der Waals surface area contributed by atoms with Gasteiger partial charge in [0, 0.05) is 23.3 Å². The molecule has 7 heteroatoms. The van der Waals surface area contributed by atoms with E-state index in [1.165, 1.54) is 17.4 Å². The van der Waals surface area contributed by atoms with Gasteiger partial charge in [0.25, 0.3) is 0 Å². The zero-order chi connectivity index (χ0) is 14.9. The first-order chi connectivity index (χ1) is 10.0. The second kappa shape index (κ2) is 5.25. The van der Waals surface area contributed by atoms with Gasteiger partial charge in [-0.25, -0.2) is 4.98 Å². The Bertz CT molecular complexity index is 753. The van der Waals surface area contributed by atoms with E-state index in [1.807, 2.05) is 0 Å². The average molecular weight is 307 g/mol. The molecule has 1 aromatic carbocycles. The van der Waals surface area contributed by atoms with Crippen molar-refractivity contribution in [2.24, 2.45) is 0 Å². The lowest BCUT2D eigenvalue weighted by Gasteiger charge is -2.07. The number of alkyl halides is 3. The minimum absolute atomic E-state index is 0.427. The molecule has 0 fully saturated rings. The number of benzene rings is 1. The summed E-state index contributed by atoms with van der Waals surface area (Å²) in [5, 5.41) is 2.33. The molecule has 0 aliphatic heterocycles. The molecule has 21 heavy (non-hydrogen) atoms. The van der Waals surface area contributed by atoms with E-state index in [1.54, 1.807) is 30.0 Å². The predicted molar refractivity (Wildman–Crippen MR) is 73.6 cm³/mol. The SMILES string of the molecule is FC(F)(F)c1cccc(-c2csc(-c3cnccn3)n2)c1. The normalized spacial score (nSPS) is 11.6. The number of nitrogens with zero attached hydrogens (tertiary/aromatic N) is 3. The summed E-state index contributed by atoms with van der Waals surface area (Å²) in [5.41, 5.74) is 0.831. The molecule has 0 aliphatic carbocycles. The molecule has 0 aliphatic rings. The molecule has 3 nitrogen and oxygen atoms in total. The highest BCUT2D eigenvalue weighted by Gasteiger charge is 2.30. The molecule has 0 spiro atoms. The largest absolute Gasteiger partial charge is 0.416 e. The lowest BCUT2D eigenvalue weighted by Crippen LogP contribution is -2.04. The molecular formula is C14H8F3N3S. The number of hydrogen-bond donors (Lipinski definition) is 0. The van der Waals surface area contributed by atoms with Crippen molar-refractivity contribution < 1.29 is 13.2 Å². The molecule has 0 amide bonds. The molecule has 106 valence electrons. The van der Waals surface area contributed by atoms with E-state index >= 15 is 0 Å². The lowest BCUT2D eigenvalue weighted by atomic mass is 10.1. The Morgan fingerprint density at radius 1 is 1.05 bits per heavy atom. The summed E-state index contributed by atoms with van der Waals surface area (Å²) in [7, 11) is 0. The van der Waals surface area contributed by atoms with Gasteiger partial charge in [-0.1, -0.05) is 12.1 Å². The summed E-state index contributed by atoms with van der Waals surface area (Å²) < 4.78 is 38.2. The van der Waals surface area contributed by atoms with Crippen LogP contribution in [-0.2, 0) is 6.18 Å². The Labute approximate surface area is 122 Å². The van der Waals surface area contributed by atoms with E-state index in [4.69, 9.17) is 0 Å². The maximum Gasteiger partial charge on any atom is 0.416 e. The van der Waals surface area contributed by atoms with Gasteiger partial charge in [0.2, 0.25) is 0 Å². The average Bonchev–Trinajstić information content (AvgIpc) is 2.97. The minimum Gasteiger partial charge on any atom is -0.261 e. The van der Waals surface area contributed by atoms with E-state index in [-0.39, 0.29) is 0 Å². The molecule has 0 radical (unpaired) electrons. The van der Waals surface area contributed by atoms with Crippen LogP contribution >= 0.6 is 11.3 Å². The molecular weight excluding hydrogens is 299 g/mol. The Morgan fingerprint density at radius 2 is 1.90 bits per heavy atom. The summed E-state index contributed by atoms with van der Waals surface area (Å²) in [4.78, 5) is 12.4. The minimum atomic E-state index is -4.36. The van der Waals surface area contributed by atoms with Crippen LogP contribution in [0.25, 0.3) is 22.0 Å². The smallest absolute Gasteiger partial charge is 0.261 e. The van der Waals surface area contributed by atoms with Crippen LogP contribution in [-0.4, -0.2) is 15.0 Å². The highest BCUT2D eigenvalue weighted by molar-refractivity contribution is 7.13. The van der Waals surface area contributed by atoms with E-state index < -0.39 is 11.7 Å². The fourth-order valence-corrected chi connectivity index (χ4v) is 2.58. The van der Waals surface area contributed by atoms with E-state index in [0.29, 0.717) is 22.0 Å². The van der Waals surface area contributed by atoms with Crippen molar-refractivity contribution in [1.82, 2.24) is 15.0 Å². The van der Waals surface area contributed by atoms with Crippen molar-refractivity contribution in [3.63, 3.8) is 0 Å². The topological polar surface area (TPSA) is 38.7 Å². The van der Waals surface area contributed by atoms with Crippen LogP contribution in [0.15, 0.2) is 48.2 Å². The third-order valence-corrected chi connectivity index (χ3v) is 3.64. The van der Waals surface area contributed by atoms with Crippen LogP contribution in [0.2, 0.25) is 0 Å². The third kappa shape index (κ3) is 2.92. The van der Waals surface area contributed by atoms with Crippen molar-refractivity contribution >= 4 is 11.3 Å². The number of hydrogen-bond acceptors (Lipinski definition) is 4. The van der Waals surface area contributed by atoms with Gasteiger partial charge >= 0.3 is 6.18 Å². The third-order valence-electron chi connectivity index (χ3n) is 2.77. The second-order valence-electron chi connectivity index (χ2n) is 4.21. The summed E-state index contributed by atoms with van der Waals surface area (Å²) in [5.74, 6) is 0. The first-order valence-electron chi connectivity index (χ1n) is 5.93. The van der Waals surface area contributed by atoms with Crippen LogP contribution in [0.5, 0.6) is 0 Å². The van der Waals surface area contributed by atoms with Crippen LogP contribution in [0.4, 0.5) is 13.2 Å². The molecule has 0 saturated heterocycles. The standard InChI is InChI=1S/C14H8F3N3S/c15-14(16,17)10-3-1-2-9(6-10)12-8-21-13(20-12)11-7-18-4-5-19-11/h1-8H. The molecule has 2 aromatic heterocycles. The molecule has 0 unspecified atom stereocenters. The van der Waals surface area contributed by atoms with E-state index in [2.05, 4.69) is 15.0 Å². The fourth-order valence-electron chi connectivity index (χ4n) is 1.79. The van der Waals surface area contributed by atoms with E-state index in [0.717, 1.165) is 12.1 Å². The van der Waals surface area contributed by atoms with E-state index in [9.17, 15) is 13.2 Å². The number of rotatable bonds is 2. The molecule has 0 saturated carbocycles. The first kappa shape index (κ1) is 13.7. The van der Waals surface area contributed by atoms with Gasteiger partial charge in [0.05, 0.1) is 17.5 Å². The van der Waals surface area contributed by atoms with Gasteiger partial charge in [0.15, 0.2) is 0 Å². The Balaban J connectivity index is 1.97. The monoisotopic (exact) mass is 307 g/mol. The molecule has 3 aromatic rings. The summed E-state index contributed by atoms with van der Waals surface area (Å²) in [6, 6.07) is 5.11. The van der Waals surface area contributed by atoms with Crippen LogP contribution < -0.4 is 0 Å². The Morgan fingerprint density at radius 3 is 2.62 bits per heavy atom. The Kier molecular flexibility index (Phi) is 3.42. The molecule has 0 bridgehead atoms. The predicted octanol–water partition coefficient (Wildman–Crippen LogP) is 4.29. The van der Waals surface area contributed by atoms with Gasteiger partial charge in [-0.3, -0.25) is 9.97 Å². The Hall–Kier alpha value is -2.28. The van der Waals surface area contributed by atoms with Gasteiger partial charge in [-0.2, -0.15) is 13.2 Å². The van der Waals surface area contributed by atoms with Crippen molar-refractivity contribution in [2.45, 2.75) is 6.18 Å². The number of halogens is 3. The fraction of sp³-hybridized carbons (Fsp3) is 0.0714. The quantitative estimate of drug-likeness (QED) is 0.709. The lowest BCUT2D eigenvalue weighted by molar-refractivity contribution is -0.137. The van der Waals surface area contributed by atoms with Gasteiger partial charge in [-0.15, -0.1) is 11.3 Å². The van der Waals surface area contributed by atoms with Gasteiger partial charge in [0.1, 0.15) is 10.7 Å². The van der Waals surface area contributed by atoms with Crippen LogP contribution in [0.3, 0.4) is 0 Å². The molecule has 0 atom stereocenters. The highest BCUT2D eigenvalue weighted by atomic mass is 32.1. The molecule has 3 rings (SSSR count). The van der Waals surface area contributed by atoms with Gasteiger partial charge < -0.3 is 0 Å². The second-order valence-corrected chi connectivity index (χ2v) is 5.07.